The maximum absolute atomic E-state index is 11.4. The highest BCUT2D eigenvalue weighted by molar-refractivity contribution is 8.00. The second-order valence-electron chi connectivity index (χ2n) is 5.37. The molecular formula is C17H22O3S. The average molecular weight is 306 g/mol. The molecule has 1 N–H and O–H groups in total. The monoisotopic (exact) mass is 306 g/mol. The summed E-state index contributed by atoms with van der Waals surface area (Å²) in [5, 5.41) is 9.39. The van der Waals surface area contributed by atoms with Crippen molar-refractivity contribution < 1.29 is 14.6 Å². The molecule has 21 heavy (non-hydrogen) atoms. The smallest absolute Gasteiger partial charge is 0.307 e. The van der Waals surface area contributed by atoms with Gasteiger partial charge in [-0.2, -0.15) is 0 Å². The molecule has 114 valence electrons. The van der Waals surface area contributed by atoms with Crippen LogP contribution in [0.2, 0.25) is 0 Å². The number of allylic oxidation sites excluding steroid dienone is 1. The highest BCUT2D eigenvalue weighted by Gasteiger charge is 2.28. The van der Waals surface area contributed by atoms with Crippen molar-refractivity contribution in [3.63, 3.8) is 0 Å². The maximum Gasteiger partial charge on any atom is 0.307 e. The molecule has 2 atom stereocenters. The van der Waals surface area contributed by atoms with E-state index in [2.05, 4.69) is 6.08 Å². The van der Waals surface area contributed by atoms with Gasteiger partial charge in [-0.1, -0.05) is 18.6 Å². The Morgan fingerprint density at radius 1 is 1.29 bits per heavy atom. The number of hydrogen-bond acceptors (Lipinski definition) is 3. The summed E-state index contributed by atoms with van der Waals surface area (Å²) in [7, 11) is 1.64. The van der Waals surface area contributed by atoms with Crippen molar-refractivity contribution in [1.29, 1.82) is 0 Å². The van der Waals surface area contributed by atoms with Crippen LogP contribution in [0.4, 0.5) is 0 Å². The average Bonchev–Trinajstić information content (AvgIpc) is 2.53. The summed E-state index contributed by atoms with van der Waals surface area (Å²) in [4.78, 5) is 12.5. The van der Waals surface area contributed by atoms with Crippen molar-refractivity contribution in [2.24, 2.45) is 5.92 Å². The third-order valence-corrected chi connectivity index (χ3v) is 5.37. The van der Waals surface area contributed by atoms with E-state index in [1.165, 1.54) is 12.0 Å². The molecule has 0 spiro atoms. The lowest BCUT2D eigenvalue weighted by molar-refractivity contribution is -0.140. The molecule has 2 rings (SSSR count). The lowest BCUT2D eigenvalue weighted by Crippen LogP contribution is -2.25. The Bertz CT molecular complexity index is 507. The number of thioether (sulfide) groups is 1. The van der Waals surface area contributed by atoms with Crippen LogP contribution in [0.1, 0.15) is 32.6 Å². The van der Waals surface area contributed by atoms with Crippen LogP contribution in [-0.4, -0.2) is 23.4 Å². The van der Waals surface area contributed by atoms with Gasteiger partial charge in [0.1, 0.15) is 5.75 Å². The minimum atomic E-state index is -0.729. The SMILES string of the molecule is COc1ccc(S[C@H](C2=CCCCC2)[C@@H](C)C(=O)O)cc1. The van der Waals surface area contributed by atoms with Crippen molar-refractivity contribution in [1.82, 2.24) is 0 Å². The van der Waals surface area contributed by atoms with Crippen LogP contribution in [0.25, 0.3) is 0 Å². The van der Waals surface area contributed by atoms with Crippen LogP contribution in [0, 0.1) is 5.92 Å². The first-order valence-corrected chi connectivity index (χ1v) is 8.22. The summed E-state index contributed by atoms with van der Waals surface area (Å²) in [5.41, 5.74) is 1.29. The van der Waals surface area contributed by atoms with Gasteiger partial charge in [0, 0.05) is 10.1 Å². The molecule has 0 fully saturated rings. The molecule has 1 aliphatic rings. The summed E-state index contributed by atoms with van der Waals surface area (Å²) in [6, 6.07) is 7.82. The van der Waals surface area contributed by atoms with Gasteiger partial charge < -0.3 is 9.84 Å². The Morgan fingerprint density at radius 3 is 2.52 bits per heavy atom. The number of carboxylic acids is 1. The molecule has 0 amide bonds. The zero-order chi connectivity index (χ0) is 15.2. The molecule has 0 unspecified atom stereocenters. The Kier molecular flexibility index (Phi) is 5.74. The Hall–Kier alpha value is -1.42. The van der Waals surface area contributed by atoms with Crippen molar-refractivity contribution >= 4 is 17.7 Å². The number of ether oxygens (including phenoxy) is 1. The van der Waals surface area contributed by atoms with Gasteiger partial charge in [-0.15, -0.1) is 11.8 Å². The first-order valence-electron chi connectivity index (χ1n) is 7.34. The Morgan fingerprint density at radius 2 is 2.00 bits per heavy atom. The van der Waals surface area contributed by atoms with E-state index in [9.17, 15) is 9.90 Å². The van der Waals surface area contributed by atoms with E-state index in [-0.39, 0.29) is 11.2 Å². The van der Waals surface area contributed by atoms with Crippen LogP contribution < -0.4 is 4.74 Å². The van der Waals surface area contributed by atoms with E-state index in [4.69, 9.17) is 4.74 Å². The molecule has 1 aliphatic carbocycles. The fourth-order valence-electron chi connectivity index (χ4n) is 2.55. The van der Waals surface area contributed by atoms with E-state index in [1.807, 2.05) is 24.3 Å². The summed E-state index contributed by atoms with van der Waals surface area (Å²) in [6.07, 6.45) is 6.71. The third-order valence-electron chi connectivity index (χ3n) is 3.86. The lowest BCUT2D eigenvalue weighted by Gasteiger charge is -2.26. The maximum atomic E-state index is 11.4. The third kappa shape index (κ3) is 4.27. The number of rotatable bonds is 6. The van der Waals surface area contributed by atoms with Crippen molar-refractivity contribution in [3.05, 3.63) is 35.9 Å². The first kappa shape index (κ1) is 16.0. The molecule has 0 bridgehead atoms. The molecule has 0 radical (unpaired) electrons. The standard InChI is InChI=1S/C17H22O3S/c1-12(17(18)19)16(13-6-4-3-5-7-13)21-15-10-8-14(20-2)9-11-15/h6,8-12,16H,3-5,7H2,1-2H3,(H,18,19)/t12-,16+/m1/s1. The highest BCUT2D eigenvalue weighted by atomic mass is 32.2. The van der Waals surface area contributed by atoms with E-state index in [0.717, 1.165) is 29.9 Å². The topological polar surface area (TPSA) is 46.5 Å². The zero-order valence-electron chi connectivity index (χ0n) is 12.5. The number of methoxy groups -OCH3 is 1. The predicted octanol–water partition coefficient (Wildman–Crippen LogP) is 4.38. The van der Waals surface area contributed by atoms with Gasteiger partial charge in [0.15, 0.2) is 0 Å². The summed E-state index contributed by atoms with van der Waals surface area (Å²) in [6.45, 7) is 1.80. The molecule has 0 heterocycles. The minimum Gasteiger partial charge on any atom is -0.497 e. The summed E-state index contributed by atoms with van der Waals surface area (Å²) >= 11 is 1.65. The van der Waals surface area contributed by atoms with Gasteiger partial charge in [0.05, 0.1) is 13.0 Å². The van der Waals surface area contributed by atoms with Crippen LogP contribution in [0.15, 0.2) is 40.8 Å². The van der Waals surface area contributed by atoms with Gasteiger partial charge in [-0.3, -0.25) is 4.79 Å². The zero-order valence-corrected chi connectivity index (χ0v) is 13.4. The number of benzene rings is 1. The van der Waals surface area contributed by atoms with E-state index < -0.39 is 5.97 Å². The second-order valence-corrected chi connectivity index (χ2v) is 6.58. The van der Waals surface area contributed by atoms with Gasteiger partial charge in [-0.25, -0.2) is 0 Å². The Balaban J connectivity index is 2.18. The van der Waals surface area contributed by atoms with Crippen LogP contribution >= 0.6 is 11.8 Å². The number of carboxylic acid groups (broad SMARTS) is 1. The van der Waals surface area contributed by atoms with Crippen LogP contribution in [-0.2, 0) is 4.79 Å². The molecule has 0 saturated carbocycles. The van der Waals surface area contributed by atoms with Crippen molar-refractivity contribution in [3.8, 4) is 5.75 Å². The quantitative estimate of drug-likeness (QED) is 0.626. The van der Waals surface area contributed by atoms with Crippen molar-refractivity contribution in [2.45, 2.75) is 42.8 Å². The summed E-state index contributed by atoms with van der Waals surface area (Å²) in [5.74, 6) is -0.298. The van der Waals surface area contributed by atoms with Gasteiger partial charge in [0.2, 0.25) is 0 Å². The second kappa shape index (κ2) is 7.55. The molecule has 0 aromatic heterocycles. The van der Waals surface area contributed by atoms with E-state index in [1.54, 1.807) is 25.8 Å². The molecule has 0 aliphatic heterocycles. The largest absolute Gasteiger partial charge is 0.497 e. The first-order chi connectivity index (χ1) is 10.1. The van der Waals surface area contributed by atoms with Gasteiger partial charge in [0.25, 0.3) is 0 Å². The predicted molar refractivity (Wildman–Crippen MR) is 86.0 cm³/mol. The van der Waals surface area contributed by atoms with Gasteiger partial charge >= 0.3 is 5.97 Å². The molecule has 4 heteroatoms. The molecule has 1 aromatic carbocycles. The fraction of sp³-hybridized carbons (Fsp3) is 0.471. The van der Waals surface area contributed by atoms with Crippen LogP contribution in [0.5, 0.6) is 5.75 Å². The Labute approximate surface area is 130 Å². The highest BCUT2D eigenvalue weighted by Crippen LogP contribution is 2.37. The molecular weight excluding hydrogens is 284 g/mol. The minimum absolute atomic E-state index is 0.0104. The van der Waals surface area contributed by atoms with Gasteiger partial charge in [-0.05, 0) is 49.9 Å². The van der Waals surface area contributed by atoms with E-state index >= 15 is 0 Å². The number of aliphatic carboxylic acids is 1. The molecule has 1 aromatic rings. The normalized spacial score (nSPS) is 17.7. The van der Waals surface area contributed by atoms with Crippen LogP contribution in [0.3, 0.4) is 0 Å². The molecule has 3 nitrogen and oxygen atoms in total. The lowest BCUT2D eigenvalue weighted by atomic mass is 9.91. The van der Waals surface area contributed by atoms with Crippen molar-refractivity contribution in [2.75, 3.05) is 7.11 Å². The number of carbonyl (C=O) groups is 1. The number of hydrogen-bond donors (Lipinski definition) is 1. The summed E-state index contributed by atoms with van der Waals surface area (Å²) < 4.78 is 5.16. The molecule has 0 saturated heterocycles. The van der Waals surface area contributed by atoms with E-state index in [0.29, 0.717) is 0 Å². The fourth-order valence-corrected chi connectivity index (χ4v) is 3.82.